The topological polar surface area (TPSA) is 82.6 Å². The molecule has 7 heteroatoms. The quantitative estimate of drug-likeness (QED) is 0.836. The lowest BCUT2D eigenvalue weighted by Gasteiger charge is -2.29. The first-order valence-corrected chi connectivity index (χ1v) is 9.04. The van der Waals surface area contributed by atoms with Gasteiger partial charge in [-0.15, -0.1) is 0 Å². The van der Waals surface area contributed by atoms with E-state index in [-0.39, 0.29) is 24.6 Å². The average molecular weight is 334 g/mol. The van der Waals surface area contributed by atoms with E-state index in [1.807, 2.05) is 0 Å². The van der Waals surface area contributed by atoms with E-state index in [0.29, 0.717) is 31.0 Å². The molecule has 1 aromatic rings. The molecule has 0 unspecified atom stereocenters. The fraction of sp³-hybridized carbons (Fsp3) is 0.765. The summed E-state index contributed by atoms with van der Waals surface area (Å²) in [5, 5.41) is 4.27. The van der Waals surface area contributed by atoms with Crippen LogP contribution in [0.3, 0.4) is 0 Å². The van der Waals surface area contributed by atoms with Gasteiger partial charge in [0.05, 0.1) is 31.6 Å². The van der Waals surface area contributed by atoms with E-state index in [0.717, 1.165) is 25.7 Å². The van der Waals surface area contributed by atoms with Crippen molar-refractivity contribution in [3.05, 3.63) is 12.4 Å². The van der Waals surface area contributed by atoms with Gasteiger partial charge in [0.1, 0.15) is 12.6 Å². The van der Waals surface area contributed by atoms with Crippen LogP contribution < -0.4 is 10.5 Å². The average Bonchev–Trinajstić information content (AvgIpc) is 2.94. The van der Waals surface area contributed by atoms with E-state index >= 15 is 0 Å². The molecule has 24 heavy (non-hydrogen) atoms. The normalized spacial score (nSPS) is 27.5. The van der Waals surface area contributed by atoms with E-state index in [2.05, 4.69) is 10.00 Å². The molecular weight excluding hydrogens is 308 g/mol. The SMILES string of the molecule is N[C@H]1COC[C@H]1Oc1cnn(CC(=O)N(C2CCCC2)C2CC2)c1. The van der Waals surface area contributed by atoms with E-state index in [9.17, 15) is 4.79 Å². The Morgan fingerprint density at radius 3 is 2.71 bits per heavy atom. The molecule has 3 fully saturated rings. The smallest absolute Gasteiger partial charge is 0.244 e. The lowest BCUT2D eigenvalue weighted by atomic mass is 10.2. The van der Waals surface area contributed by atoms with Crippen LogP contribution in [-0.4, -0.2) is 58.0 Å². The molecular formula is C17H26N4O3. The van der Waals surface area contributed by atoms with Crippen LogP contribution in [0.5, 0.6) is 5.75 Å². The molecule has 3 aliphatic rings. The van der Waals surface area contributed by atoms with Crippen LogP contribution in [0.1, 0.15) is 38.5 Å². The Kier molecular flexibility index (Phi) is 4.45. The Balaban J connectivity index is 1.36. The van der Waals surface area contributed by atoms with Crippen LogP contribution in [0.25, 0.3) is 0 Å². The van der Waals surface area contributed by atoms with Crippen molar-refractivity contribution >= 4 is 5.91 Å². The maximum Gasteiger partial charge on any atom is 0.244 e. The maximum absolute atomic E-state index is 12.8. The molecule has 2 atom stereocenters. The Hall–Kier alpha value is -1.60. The minimum Gasteiger partial charge on any atom is -0.483 e. The van der Waals surface area contributed by atoms with Gasteiger partial charge in [0, 0.05) is 12.1 Å². The van der Waals surface area contributed by atoms with E-state index in [1.54, 1.807) is 17.1 Å². The molecule has 2 N–H and O–H groups in total. The molecule has 2 heterocycles. The molecule has 132 valence electrons. The summed E-state index contributed by atoms with van der Waals surface area (Å²) in [6, 6.07) is 0.785. The number of rotatable bonds is 6. The first-order valence-electron chi connectivity index (χ1n) is 9.04. The Labute approximate surface area is 142 Å². The number of carbonyl (C=O) groups is 1. The minimum atomic E-state index is -0.139. The fourth-order valence-corrected chi connectivity index (χ4v) is 3.80. The molecule has 4 rings (SSSR count). The van der Waals surface area contributed by atoms with Crippen LogP contribution in [0.15, 0.2) is 12.4 Å². The van der Waals surface area contributed by atoms with Gasteiger partial charge in [0.25, 0.3) is 0 Å². The van der Waals surface area contributed by atoms with Crippen molar-refractivity contribution in [1.82, 2.24) is 14.7 Å². The zero-order valence-electron chi connectivity index (χ0n) is 14.0. The Morgan fingerprint density at radius 2 is 2.04 bits per heavy atom. The number of hydrogen-bond donors (Lipinski definition) is 1. The third-order valence-corrected chi connectivity index (χ3v) is 5.21. The summed E-state index contributed by atoms with van der Waals surface area (Å²) in [6.07, 6.45) is 10.4. The molecule has 7 nitrogen and oxygen atoms in total. The van der Waals surface area contributed by atoms with E-state index in [1.165, 1.54) is 12.8 Å². The number of hydrogen-bond acceptors (Lipinski definition) is 5. The third-order valence-electron chi connectivity index (χ3n) is 5.21. The summed E-state index contributed by atoms with van der Waals surface area (Å²) in [5.74, 6) is 0.826. The molecule has 2 saturated carbocycles. The van der Waals surface area contributed by atoms with Crippen LogP contribution in [0.2, 0.25) is 0 Å². The summed E-state index contributed by atoms with van der Waals surface area (Å²) < 4.78 is 12.8. The van der Waals surface area contributed by atoms with Crippen molar-refractivity contribution < 1.29 is 14.3 Å². The molecule has 0 spiro atoms. The number of nitrogens with two attached hydrogens (primary N) is 1. The summed E-state index contributed by atoms with van der Waals surface area (Å²) in [5.41, 5.74) is 5.93. The van der Waals surface area contributed by atoms with Gasteiger partial charge in [0.2, 0.25) is 5.91 Å². The van der Waals surface area contributed by atoms with Gasteiger partial charge in [-0.25, -0.2) is 0 Å². The van der Waals surface area contributed by atoms with Crippen molar-refractivity contribution in [1.29, 1.82) is 0 Å². The Bertz CT molecular complexity index is 580. The van der Waals surface area contributed by atoms with Crippen molar-refractivity contribution in [2.75, 3.05) is 13.2 Å². The summed E-state index contributed by atoms with van der Waals surface area (Å²) >= 11 is 0. The zero-order chi connectivity index (χ0) is 16.5. The van der Waals surface area contributed by atoms with Crippen molar-refractivity contribution in [3.8, 4) is 5.75 Å². The Morgan fingerprint density at radius 1 is 1.29 bits per heavy atom. The zero-order valence-corrected chi connectivity index (χ0v) is 14.0. The van der Waals surface area contributed by atoms with Crippen molar-refractivity contribution in [3.63, 3.8) is 0 Å². The van der Waals surface area contributed by atoms with Crippen LogP contribution >= 0.6 is 0 Å². The van der Waals surface area contributed by atoms with Gasteiger partial charge in [-0.3, -0.25) is 9.48 Å². The van der Waals surface area contributed by atoms with Gasteiger partial charge >= 0.3 is 0 Å². The predicted octanol–water partition coefficient (Wildman–Crippen LogP) is 0.922. The molecule has 1 saturated heterocycles. The monoisotopic (exact) mass is 334 g/mol. The first-order chi connectivity index (χ1) is 11.7. The maximum atomic E-state index is 12.8. The van der Waals surface area contributed by atoms with E-state index in [4.69, 9.17) is 15.2 Å². The molecule has 0 aromatic carbocycles. The second-order valence-corrected chi connectivity index (χ2v) is 7.20. The number of amides is 1. The van der Waals surface area contributed by atoms with Gasteiger partial charge < -0.3 is 20.1 Å². The number of aromatic nitrogens is 2. The number of ether oxygens (including phenoxy) is 2. The highest BCUT2D eigenvalue weighted by atomic mass is 16.5. The second kappa shape index (κ2) is 6.72. The molecule has 0 bridgehead atoms. The minimum absolute atomic E-state index is 0.109. The number of nitrogens with zero attached hydrogens (tertiary/aromatic N) is 3. The summed E-state index contributed by atoms with van der Waals surface area (Å²) in [4.78, 5) is 14.9. The molecule has 1 aromatic heterocycles. The van der Waals surface area contributed by atoms with Gasteiger partial charge in [-0.1, -0.05) is 12.8 Å². The highest BCUT2D eigenvalue weighted by Crippen LogP contribution is 2.34. The first kappa shape index (κ1) is 15.9. The largest absolute Gasteiger partial charge is 0.483 e. The second-order valence-electron chi connectivity index (χ2n) is 7.20. The number of carbonyl (C=O) groups excluding carboxylic acids is 1. The predicted molar refractivity (Wildman–Crippen MR) is 87.6 cm³/mol. The van der Waals surface area contributed by atoms with Crippen LogP contribution in [0, 0.1) is 0 Å². The van der Waals surface area contributed by atoms with Crippen LogP contribution in [-0.2, 0) is 16.1 Å². The molecule has 1 aliphatic heterocycles. The highest BCUT2D eigenvalue weighted by molar-refractivity contribution is 5.77. The fourth-order valence-electron chi connectivity index (χ4n) is 3.80. The van der Waals surface area contributed by atoms with Gasteiger partial charge in [0.15, 0.2) is 5.75 Å². The summed E-state index contributed by atoms with van der Waals surface area (Å²) in [7, 11) is 0. The van der Waals surface area contributed by atoms with Crippen molar-refractivity contribution in [2.45, 2.75) is 69.3 Å². The van der Waals surface area contributed by atoms with E-state index < -0.39 is 0 Å². The van der Waals surface area contributed by atoms with Gasteiger partial charge in [-0.2, -0.15) is 5.10 Å². The van der Waals surface area contributed by atoms with Crippen molar-refractivity contribution in [2.24, 2.45) is 5.73 Å². The standard InChI is InChI=1S/C17H26N4O3/c18-15-10-23-11-16(15)24-14-7-19-20(8-14)9-17(22)21(13-5-6-13)12-3-1-2-4-12/h7-8,12-13,15-16H,1-6,9-11,18H2/t15-,16+/m0/s1. The highest BCUT2D eigenvalue weighted by Gasteiger charge is 2.38. The molecule has 0 radical (unpaired) electrons. The third kappa shape index (κ3) is 3.42. The van der Waals surface area contributed by atoms with Gasteiger partial charge in [-0.05, 0) is 25.7 Å². The lowest BCUT2D eigenvalue weighted by molar-refractivity contribution is -0.135. The summed E-state index contributed by atoms with van der Waals surface area (Å²) in [6.45, 7) is 1.31. The molecule has 2 aliphatic carbocycles. The molecule has 1 amide bonds. The van der Waals surface area contributed by atoms with Crippen LogP contribution in [0.4, 0.5) is 0 Å². The lowest BCUT2D eigenvalue weighted by Crippen LogP contribution is -2.42.